The summed E-state index contributed by atoms with van der Waals surface area (Å²) in [5, 5.41) is 11.1. The first-order valence-corrected chi connectivity index (χ1v) is 5.56. The number of carbonyl (C=O) groups excluding carboxylic acids is 1. The van der Waals surface area contributed by atoms with Gasteiger partial charge in [0, 0.05) is 12.0 Å². The largest absolute Gasteiger partial charge is 0.354 e. The van der Waals surface area contributed by atoms with Crippen LogP contribution in [0.4, 0.5) is 4.39 Å². The van der Waals surface area contributed by atoms with Crippen LogP contribution in [0.2, 0.25) is 0 Å². The minimum atomic E-state index is -0.252. The van der Waals surface area contributed by atoms with E-state index < -0.39 is 0 Å². The van der Waals surface area contributed by atoms with Crippen molar-refractivity contribution in [2.24, 2.45) is 0 Å². The van der Waals surface area contributed by atoms with E-state index in [1.54, 1.807) is 12.1 Å². The Morgan fingerprint density at radius 2 is 2.06 bits per heavy atom. The maximum absolute atomic E-state index is 12.8. The van der Waals surface area contributed by atoms with E-state index in [0.29, 0.717) is 6.54 Å². The second kappa shape index (κ2) is 4.54. The molecule has 1 aliphatic carbocycles. The molecule has 4 heteroatoms. The number of amides is 1. The maximum atomic E-state index is 12.8. The van der Waals surface area contributed by atoms with E-state index in [4.69, 9.17) is 5.26 Å². The molecule has 0 unspecified atom stereocenters. The molecule has 1 saturated carbocycles. The van der Waals surface area contributed by atoms with E-state index in [1.807, 2.05) is 6.07 Å². The summed E-state index contributed by atoms with van der Waals surface area (Å²) in [6, 6.07) is 8.21. The number of hydrogen-bond acceptors (Lipinski definition) is 2. The Labute approximate surface area is 99.2 Å². The topological polar surface area (TPSA) is 52.9 Å². The summed E-state index contributed by atoms with van der Waals surface area (Å²) < 4.78 is 12.8. The van der Waals surface area contributed by atoms with Gasteiger partial charge in [-0.1, -0.05) is 12.1 Å². The predicted molar refractivity (Wildman–Crippen MR) is 60.6 cm³/mol. The fourth-order valence-corrected chi connectivity index (χ4v) is 1.92. The van der Waals surface area contributed by atoms with Crippen LogP contribution in [-0.4, -0.2) is 12.5 Å². The van der Waals surface area contributed by atoms with Gasteiger partial charge in [0.15, 0.2) is 0 Å². The molecule has 0 radical (unpaired) electrons. The first-order valence-electron chi connectivity index (χ1n) is 5.56. The van der Waals surface area contributed by atoms with Crippen molar-refractivity contribution < 1.29 is 9.18 Å². The zero-order chi connectivity index (χ0) is 12.3. The summed E-state index contributed by atoms with van der Waals surface area (Å²) in [5.41, 5.74) is 1.01. The fraction of sp³-hybridized carbons (Fsp3) is 0.385. The zero-order valence-corrected chi connectivity index (χ0v) is 9.37. The summed E-state index contributed by atoms with van der Waals surface area (Å²) in [5.74, 6) is -0.501. The van der Waals surface area contributed by atoms with Crippen LogP contribution in [0.15, 0.2) is 24.3 Å². The van der Waals surface area contributed by atoms with Gasteiger partial charge >= 0.3 is 0 Å². The molecule has 2 rings (SSSR count). The molecular formula is C13H13FN2O. The summed E-state index contributed by atoms with van der Waals surface area (Å²) in [4.78, 5) is 11.2. The van der Waals surface area contributed by atoms with Gasteiger partial charge < -0.3 is 5.32 Å². The number of hydrogen-bond donors (Lipinski definition) is 1. The molecule has 0 bridgehead atoms. The van der Waals surface area contributed by atoms with Crippen molar-refractivity contribution in [1.82, 2.24) is 5.32 Å². The summed E-state index contributed by atoms with van der Waals surface area (Å²) in [7, 11) is 0. The molecule has 1 N–H and O–H groups in total. The van der Waals surface area contributed by atoms with Crippen molar-refractivity contribution >= 4 is 5.91 Å². The third-order valence-corrected chi connectivity index (χ3v) is 3.17. The third-order valence-electron chi connectivity index (χ3n) is 3.17. The smallest absolute Gasteiger partial charge is 0.234 e. The molecule has 1 fully saturated rings. The predicted octanol–water partition coefficient (Wildman–Crippen LogP) is 1.89. The molecule has 1 aromatic rings. The number of nitrogens with one attached hydrogen (secondary N) is 1. The molecule has 0 saturated heterocycles. The Morgan fingerprint density at radius 1 is 1.41 bits per heavy atom. The van der Waals surface area contributed by atoms with E-state index in [0.717, 1.165) is 18.4 Å². The first-order chi connectivity index (χ1) is 8.16. The van der Waals surface area contributed by atoms with Gasteiger partial charge in [-0.15, -0.1) is 0 Å². The highest BCUT2D eigenvalue weighted by Gasteiger charge is 2.44. The summed E-state index contributed by atoms with van der Waals surface area (Å²) in [6.07, 6.45) is 1.87. The maximum Gasteiger partial charge on any atom is 0.234 e. The molecule has 0 heterocycles. The summed E-state index contributed by atoms with van der Waals surface area (Å²) in [6.45, 7) is 0.527. The third kappa shape index (κ3) is 2.62. The van der Waals surface area contributed by atoms with Gasteiger partial charge in [-0.05, 0) is 30.5 Å². The van der Waals surface area contributed by atoms with E-state index in [-0.39, 0.29) is 23.6 Å². The molecule has 3 nitrogen and oxygen atoms in total. The number of halogens is 1. The molecule has 0 aromatic heterocycles. The molecule has 0 aliphatic heterocycles. The Hall–Kier alpha value is -1.89. The highest BCUT2D eigenvalue weighted by molar-refractivity contribution is 5.78. The molecule has 0 atom stereocenters. The van der Waals surface area contributed by atoms with Gasteiger partial charge in [0.05, 0.1) is 6.07 Å². The number of carbonyl (C=O) groups is 1. The van der Waals surface area contributed by atoms with E-state index >= 15 is 0 Å². The van der Waals surface area contributed by atoms with Crippen LogP contribution in [0.25, 0.3) is 0 Å². The highest BCUT2D eigenvalue weighted by Crippen LogP contribution is 2.47. The summed E-state index contributed by atoms with van der Waals surface area (Å²) >= 11 is 0. The van der Waals surface area contributed by atoms with Crippen molar-refractivity contribution in [3.8, 4) is 6.07 Å². The fourth-order valence-electron chi connectivity index (χ4n) is 1.92. The molecule has 17 heavy (non-hydrogen) atoms. The Morgan fingerprint density at radius 3 is 2.59 bits per heavy atom. The van der Waals surface area contributed by atoms with Crippen LogP contribution in [0.3, 0.4) is 0 Å². The number of benzene rings is 1. The average Bonchev–Trinajstić information content (AvgIpc) is 3.09. The second-order valence-corrected chi connectivity index (χ2v) is 4.40. The first kappa shape index (κ1) is 11.6. The van der Waals surface area contributed by atoms with Gasteiger partial charge in [-0.25, -0.2) is 4.39 Å². The molecular weight excluding hydrogens is 219 g/mol. The Kier molecular flexibility index (Phi) is 3.10. The number of nitriles is 1. The lowest BCUT2D eigenvalue weighted by Crippen LogP contribution is -2.31. The standard InChI is InChI=1S/C13H13FN2O/c14-11-3-1-10(2-4-11)13(6-7-13)9-16-12(17)5-8-15/h1-4H,5-7,9H2,(H,16,17). The minimum absolute atomic E-state index is 0.0428. The Balaban J connectivity index is 1.98. The normalized spacial score (nSPS) is 16.0. The van der Waals surface area contributed by atoms with Gasteiger partial charge in [0.2, 0.25) is 5.91 Å². The van der Waals surface area contributed by atoms with Gasteiger partial charge in [0.1, 0.15) is 12.2 Å². The minimum Gasteiger partial charge on any atom is -0.354 e. The van der Waals surface area contributed by atoms with Crippen LogP contribution >= 0.6 is 0 Å². The van der Waals surface area contributed by atoms with Crippen LogP contribution in [0.5, 0.6) is 0 Å². The van der Waals surface area contributed by atoms with Crippen molar-refractivity contribution in [1.29, 1.82) is 5.26 Å². The van der Waals surface area contributed by atoms with Crippen molar-refractivity contribution in [2.45, 2.75) is 24.7 Å². The van der Waals surface area contributed by atoms with E-state index in [1.165, 1.54) is 12.1 Å². The SMILES string of the molecule is N#CCC(=O)NCC1(c2ccc(F)cc2)CC1. The van der Waals surface area contributed by atoms with Crippen LogP contribution < -0.4 is 5.32 Å². The Bertz CT molecular complexity index is 457. The molecule has 1 amide bonds. The lowest BCUT2D eigenvalue weighted by molar-refractivity contribution is -0.120. The van der Waals surface area contributed by atoms with Gasteiger partial charge in [-0.3, -0.25) is 4.79 Å². The quantitative estimate of drug-likeness (QED) is 0.861. The lowest BCUT2D eigenvalue weighted by atomic mass is 9.96. The second-order valence-electron chi connectivity index (χ2n) is 4.40. The van der Waals surface area contributed by atoms with Crippen molar-refractivity contribution in [3.05, 3.63) is 35.6 Å². The van der Waals surface area contributed by atoms with Crippen molar-refractivity contribution in [3.63, 3.8) is 0 Å². The highest BCUT2D eigenvalue weighted by atomic mass is 19.1. The molecule has 0 spiro atoms. The van der Waals surface area contributed by atoms with Crippen molar-refractivity contribution in [2.75, 3.05) is 6.54 Å². The average molecular weight is 232 g/mol. The van der Waals surface area contributed by atoms with E-state index in [2.05, 4.69) is 5.32 Å². The molecule has 1 aliphatic rings. The van der Waals surface area contributed by atoms with Gasteiger partial charge in [0.25, 0.3) is 0 Å². The molecule has 1 aromatic carbocycles. The van der Waals surface area contributed by atoms with Crippen LogP contribution in [0, 0.1) is 17.1 Å². The zero-order valence-electron chi connectivity index (χ0n) is 9.37. The molecule has 88 valence electrons. The van der Waals surface area contributed by atoms with E-state index in [9.17, 15) is 9.18 Å². The monoisotopic (exact) mass is 232 g/mol. The van der Waals surface area contributed by atoms with Gasteiger partial charge in [-0.2, -0.15) is 5.26 Å². The number of rotatable bonds is 4. The number of nitrogens with zero attached hydrogens (tertiary/aromatic N) is 1. The lowest BCUT2D eigenvalue weighted by Gasteiger charge is -2.16. The van der Waals surface area contributed by atoms with Crippen LogP contribution in [-0.2, 0) is 10.2 Å². The van der Waals surface area contributed by atoms with Crippen LogP contribution in [0.1, 0.15) is 24.8 Å².